The van der Waals surface area contributed by atoms with E-state index in [1.54, 1.807) is 39.5 Å². The molecule has 1 aliphatic rings. The van der Waals surface area contributed by atoms with Gasteiger partial charge in [-0.05, 0) is 47.7 Å². The van der Waals surface area contributed by atoms with Crippen LogP contribution in [0.5, 0.6) is 17.2 Å². The minimum Gasteiger partial charge on any atom is -0.497 e. The second-order valence-electron chi connectivity index (χ2n) is 5.29. The average molecular weight is 370 g/mol. The van der Waals surface area contributed by atoms with Crippen molar-refractivity contribution in [3.8, 4) is 17.2 Å². The van der Waals surface area contributed by atoms with E-state index in [2.05, 4.69) is 10.3 Å². The van der Waals surface area contributed by atoms with Crippen LogP contribution in [0.25, 0.3) is 6.08 Å². The smallest absolute Gasteiger partial charge is 0.264 e. The van der Waals surface area contributed by atoms with Crippen LogP contribution in [0.1, 0.15) is 5.56 Å². The van der Waals surface area contributed by atoms with Crippen molar-refractivity contribution < 1.29 is 19.0 Å². The van der Waals surface area contributed by atoms with Gasteiger partial charge in [-0.1, -0.05) is 12.1 Å². The number of amidine groups is 1. The first kappa shape index (κ1) is 17.9. The van der Waals surface area contributed by atoms with Crippen LogP contribution in [0, 0.1) is 0 Å². The van der Waals surface area contributed by atoms with Crippen LogP contribution in [0.2, 0.25) is 0 Å². The Morgan fingerprint density at radius 1 is 0.962 bits per heavy atom. The Hall–Kier alpha value is -2.93. The number of nitrogens with zero attached hydrogens (tertiary/aromatic N) is 1. The number of benzene rings is 2. The van der Waals surface area contributed by atoms with Crippen LogP contribution in [-0.2, 0) is 4.79 Å². The molecule has 0 saturated carbocycles. The van der Waals surface area contributed by atoms with Gasteiger partial charge in [-0.3, -0.25) is 4.79 Å². The fourth-order valence-corrected chi connectivity index (χ4v) is 3.15. The van der Waals surface area contributed by atoms with Crippen molar-refractivity contribution in [3.63, 3.8) is 0 Å². The number of amides is 1. The minimum atomic E-state index is -0.183. The standard InChI is InChI=1S/C19H18N2O4S/c1-23-13-6-4-12(5-7-13)10-17-18(22)21-19(26-17)20-15-9-8-14(24-2)11-16(15)25-3/h4-11H,1-3H3,(H,20,21,22). The zero-order chi connectivity index (χ0) is 18.5. The van der Waals surface area contributed by atoms with E-state index in [1.807, 2.05) is 30.3 Å². The predicted molar refractivity (Wildman–Crippen MR) is 103 cm³/mol. The lowest BCUT2D eigenvalue weighted by Gasteiger charge is -2.07. The summed E-state index contributed by atoms with van der Waals surface area (Å²) >= 11 is 1.28. The Labute approximate surface area is 155 Å². The molecule has 0 unspecified atom stereocenters. The summed E-state index contributed by atoms with van der Waals surface area (Å²) in [6, 6.07) is 12.8. The molecule has 1 fully saturated rings. The number of hydrogen-bond acceptors (Lipinski definition) is 6. The van der Waals surface area contributed by atoms with Gasteiger partial charge in [0.2, 0.25) is 0 Å². The first-order valence-corrected chi connectivity index (χ1v) is 8.60. The lowest BCUT2D eigenvalue weighted by Crippen LogP contribution is -2.19. The molecule has 1 N–H and O–H groups in total. The summed E-state index contributed by atoms with van der Waals surface area (Å²) in [5, 5.41) is 3.27. The molecule has 0 atom stereocenters. The summed E-state index contributed by atoms with van der Waals surface area (Å²) < 4.78 is 15.6. The molecule has 2 aromatic rings. The van der Waals surface area contributed by atoms with Crippen molar-refractivity contribution >= 4 is 34.6 Å². The summed E-state index contributed by atoms with van der Waals surface area (Å²) in [5.41, 5.74) is 1.52. The Bertz CT molecular complexity index is 876. The van der Waals surface area contributed by atoms with Gasteiger partial charge >= 0.3 is 0 Å². The largest absolute Gasteiger partial charge is 0.497 e. The predicted octanol–water partition coefficient (Wildman–Crippen LogP) is 3.60. The number of thioether (sulfide) groups is 1. The van der Waals surface area contributed by atoms with Crippen molar-refractivity contribution in [2.24, 2.45) is 4.99 Å². The van der Waals surface area contributed by atoms with Crippen molar-refractivity contribution in [3.05, 3.63) is 52.9 Å². The molecule has 1 aliphatic heterocycles. The summed E-state index contributed by atoms with van der Waals surface area (Å²) in [6.45, 7) is 0. The molecule has 26 heavy (non-hydrogen) atoms. The van der Waals surface area contributed by atoms with Gasteiger partial charge < -0.3 is 19.5 Å². The molecule has 2 aromatic carbocycles. The second kappa shape index (κ2) is 7.97. The quantitative estimate of drug-likeness (QED) is 0.815. The average Bonchev–Trinajstić information content (AvgIpc) is 3.01. The van der Waals surface area contributed by atoms with Gasteiger partial charge in [0.15, 0.2) is 5.17 Å². The fraction of sp³-hybridized carbons (Fsp3) is 0.158. The third-order valence-electron chi connectivity index (χ3n) is 3.67. The van der Waals surface area contributed by atoms with Crippen LogP contribution in [-0.4, -0.2) is 32.4 Å². The van der Waals surface area contributed by atoms with Crippen LogP contribution in [0.4, 0.5) is 5.69 Å². The second-order valence-corrected chi connectivity index (χ2v) is 6.32. The molecule has 0 aromatic heterocycles. The summed E-state index contributed by atoms with van der Waals surface area (Å²) in [7, 11) is 4.77. The third kappa shape index (κ3) is 4.00. The van der Waals surface area contributed by atoms with E-state index in [0.717, 1.165) is 11.3 Å². The zero-order valence-electron chi connectivity index (χ0n) is 14.6. The van der Waals surface area contributed by atoms with Crippen molar-refractivity contribution in [1.29, 1.82) is 0 Å². The van der Waals surface area contributed by atoms with E-state index in [-0.39, 0.29) is 5.91 Å². The van der Waals surface area contributed by atoms with E-state index >= 15 is 0 Å². The summed E-state index contributed by atoms with van der Waals surface area (Å²) in [4.78, 5) is 17.3. The molecule has 0 bridgehead atoms. The lowest BCUT2D eigenvalue weighted by molar-refractivity contribution is -0.115. The van der Waals surface area contributed by atoms with E-state index in [1.165, 1.54) is 11.8 Å². The molecule has 0 radical (unpaired) electrons. The number of nitrogens with one attached hydrogen (secondary N) is 1. The van der Waals surface area contributed by atoms with Crippen LogP contribution in [0.15, 0.2) is 52.4 Å². The van der Waals surface area contributed by atoms with Crippen molar-refractivity contribution in [1.82, 2.24) is 5.32 Å². The third-order valence-corrected chi connectivity index (χ3v) is 4.58. The fourth-order valence-electron chi connectivity index (χ4n) is 2.32. The van der Waals surface area contributed by atoms with Gasteiger partial charge in [0.25, 0.3) is 5.91 Å². The first-order valence-electron chi connectivity index (χ1n) is 7.78. The Morgan fingerprint density at radius 2 is 1.65 bits per heavy atom. The maximum atomic E-state index is 12.2. The summed E-state index contributed by atoms with van der Waals surface area (Å²) in [6.07, 6.45) is 1.81. The highest BCUT2D eigenvalue weighted by molar-refractivity contribution is 8.18. The van der Waals surface area contributed by atoms with E-state index < -0.39 is 0 Å². The molecule has 3 rings (SSSR count). The van der Waals surface area contributed by atoms with Crippen molar-refractivity contribution in [2.75, 3.05) is 21.3 Å². The molecule has 0 aliphatic carbocycles. The van der Waals surface area contributed by atoms with Crippen LogP contribution >= 0.6 is 11.8 Å². The van der Waals surface area contributed by atoms with E-state index in [0.29, 0.717) is 27.3 Å². The maximum Gasteiger partial charge on any atom is 0.264 e. The molecule has 1 amide bonds. The number of ether oxygens (including phenoxy) is 3. The maximum absolute atomic E-state index is 12.2. The SMILES string of the molecule is COc1ccc(C=C2SC(=Nc3ccc(OC)cc3OC)NC2=O)cc1. The number of methoxy groups -OCH3 is 3. The molecular formula is C19H18N2O4S. The van der Waals surface area contributed by atoms with Gasteiger partial charge in [0.05, 0.1) is 26.2 Å². The van der Waals surface area contributed by atoms with Gasteiger partial charge in [0.1, 0.15) is 22.9 Å². The molecule has 0 spiro atoms. The number of carbonyl (C=O) groups is 1. The van der Waals surface area contributed by atoms with Gasteiger partial charge in [-0.25, -0.2) is 4.99 Å². The number of rotatable bonds is 5. The number of carbonyl (C=O) groups excluding carboxylic acids is 1. The van der Waals surface area contributed by atoms with Crippen molar-refractivity contribution in [2.45, 2.75) is 0 Å². The highest BCUT2D eigenvalue weighted by Crippen LogP contribution is 2.34. The van der Waals surface area contributed by atoms with Gasteiger partial charge in [0, 0.05) is 6.07 Å². The van der Waals surface area contributed by atoms with E-state index in [9.17, 15) is 4.79 Å². The van der Waals surface area contributed by atoms with E-state index in [4.69, 9.17) is 14.2 Å². The number of hydrogen-bond donors (Lipinski definition) is 1. The molecule has 1 heterocycles. The Morgan fingerprint density at radius 3 is 2.31 bits per heavy atom. The molecule has 134 valence electrons. The highest BCUT2D eigenvalue weighted by atomic mass is 32.2. The molecule has 6 nitrogen and oxygen atoms in total. The Balaban J connectivity index is 1.82. The Kier molecular flexibility index (Phi) is 5.48. The minimum absolute atomic E-state index is 0.183. The number of aliphatic imine (C=N–C) groups is 1. The van der Waals surface area contributed by atoms with Crippen LogP contribution in [0.3, 0.4) is 0 Å². The molecule has 1 saturated heterocycles. The monoisotopic (exact) mass is 370 g/mol. The normalized spacial score (nSPS) is 16.7. The zero-order valence-corrected chi connectivity index (χ0v) is 15.4. The van der Waals surface area contributed by atoms with Crippen LogP contribution < -0.4 is 19.5 Å². The first-order chi connectivity index (χ1) is 12.6. The van der Waals surface area contributed by atoms with Gasteiger partial charge in [-0.15, -0.1) is 0 Å². The van der Waals surface area contributed by atoms with Gasteiger partial charge in [-0.2, -0.15) is 0 Å². The highest BCUT2D eigenvalue weighted by Gasteiger charge is 2.24. The summed E-state index contributed by atoms with van der Waals surface area (Å²) in [5.74, 6) is 1.83. The molecular weight excluding hydrogens is 352 g/mol. The lowest BCUT2D eigenvalue weighted by atomic mass is 10.2. The molecule has 7 heteroatoms. The topological polar surface area (TPSA) is 69.2 Å².